The summed E-state index contributed by atoms with van der Waals surface area (Å²) in [5.74, 6) is 0.311. The van der Waals surface area contributed by atoms with Crippen molar-refractivity contribution in [3.8, 4) is 0 Å². The highest BCUT2D eigenvalue weighted by Gasteiger charge is 2.36. The molecular formula is C18H19BrN2O2. The molecule has 4 nitrogen and oxygen atoms in total. The second-order valence-electron chi connectivity index (χ2n) is 6.18. The molecule has 2 aromatic carbocycles. The van der Waals surface area contributed by atoms with Crippen LogP contribution in [0, 0.1) is 10.1 Å². The predicted octanol–water partition coefficient (Wildman–Crippen LogP) is 4.46. The zero-order valence-electron chi connectivity index (χ0n) is 12.7. The quantitative estimate of drug-likeness (QED) is 0.575. The van der Waals surface area contributed by atoms with E-state index in [2.05, 4.69) is 29.2 Å². The maximum atomic E-state index is 10.8. The SMILES string of the molecule is Br.O=[N+]([O-])c1ccc(C2CN3CCC[C@H]3c3ccccc32)cc1. The fraction of sp³-hybridized carbons (Fsp3) is 0.333. The van der Waals surface area contributed by atoms with Crippen molar-refractivity contribution in [1.29, 1.82) is 0 Å². The summed E-state index contributed by atoms with van der Waals surface area (Å²) in [6.07, 6.45) is 2.50. The van der Waals surface area contributed by atoms with Gasteiger partial charge in [-0.3, -0.25) is 15.0 Å². The van der Waals surface area contributed by atoms with E-state index in [0.717, 1.165) is 13.1 Å². The van der Waals surface area contributed by atoms with Gasteiger partial charge in [-0.25, -0.2) is 0 Å². The minimum absolute atomic E-state index is 0. The number of hydrogen-bond acceptors (Lipinski definition) is 3. The van der Waals surface area contributed by atoms with Crippen LogP contribution in [-0.2, 0) is 0 Å². The van der Waals surface area contributed by atoms with Crippen molar-refractivity contribution in [2.75, 3.05) is 13.1 Å². The normalized spacial score (nSPS) is 22.8. The maximum Gasteiger partial charge on any atom is 0.269 e. The summed E-state index contributed by atoms with van der Waals surface area (Å²) in [4.78, 5) is 13.1. The summed E-state index contributed by atoms with van der Waals surface area (Å²) in [5.41, 5.74) is 4.16. The van der Waals surface area contributed by atoms with E-state index >= 15 is 0 Å². The molecule has 0 spiro atoms. The molecule has 1 unspecified atom stereocenters. The van der Waals surface area contributed by atoms with Crippen molar-refractivity contribution in [1.82, 2.24) is 4.90 Å². The molecule has 2 heterocycles. The van der Waals surface area contributed by atoms with Gasteiger partial charge in [0.2, 0.25) is 0 Å². The Morgan fingerprint density at radius 3 is 2.43 bits per heavy atom. The molecule has 0 bridgehead atoms. The first-order chi connectivity index (χ1) is 10.7. The lowest BCUT2D eigenvalue weighted by Crippen LogP contribution is -2.34. The van der Waals surface area contributed by atoms with E-state index in [1.807, 2.05) is 12.1 Å². The molecule has 120 valence electrons. The van der Waals surface area contributed by atoms with Crippen molar-refractivity contribution in [2.45, 2.75) is 24.8 Å². The van der Waals surface area contributed by atoms with Crippen LogP contribution >= 0.6 is 17.0 Å². The van der Waals surface area contributed by atoms with Gasteiger partial charge in [0.1, 0.15) is 0 Å². The number of nitro benzene ring substituents is 1. The summed E-state index contributed by atoms with van der Waals surface area (Å²) in [5, 5.41) is 10.8. The van der Waals surface area contributed by atoms with Crippen molar-refractivity contribution >= 4 is 22.7 Å². The third kappa shape index (κ3) is 2.79. The van der Waals surface area contributed by atoms with E-state index in [1.165, 1.54) is 29.5 Å². The minimum Gasteiger partial charge on any atom is -0.295 e. The molecule has 1 saturated heterocycles. The third-order valence-electron chi connectivity index (χ3n) is 5.02. The van der Waals surface area contributed by atoms with E-state index in [-0.39, 0.29) is 27.6 Å². The first-order valence-corrected chi connectivity index (χ1v) is 7.81. The smallest absolute Gasteiger partial charge is 0.269 e. The van der Waals surface area contributed by atoms with E-state index in [0.29, 0.717) is 12.0 Å². The average Bonchev–Trinajstić information content (AvgIpc) is 3.03. The topological polar surface area (TPSA) is 46.4 Å². The van der Waals surface area contributed by atoms with Crippen molar-refractivity contribution in [3.63, 3.8) is 0 Å². The number of nitro groups is 1. The summed E-state index contributed by atoms with van der Waals surface area (Å²) in [6, 6.07) is 16.3. The Labute approximate surface area is 146 Å². The van der Waals surface area contributed by atoms with Gasteiger partial charge in [0.25, 0.3) is 5.69 Å². The minimum atomic E-state index is -0.338. The Hall–Kier alpha value is -1.72. The molecule has 5 heteroatoms. The number of halogens is 1. The number of non-ortho nitro benzene ring substituents is 1. The van der Waals surface area contributed by atoms with Gasteiger partial charge in [-0.15, -0.1) is 17.0 Å². The van der Waals surface area contributed by atoms with Gasteiger partial charge in [0, 0.05) is 30.6 Å². The highest BCUT2D eigenvalue weighted by molar-refractivity contribution is 8.93. The summed E-state index contributed by atoms with van der Waals surface area (Å²) < 4.78 is 0. The molecule has 0 aliphatic carbocycles. The second kappa shape index (κ2) is 6.42. The number of rotatable bonds is 2. The molecule has 23 heavy (non-hydrogen) atoms. The molecular weight excluding hydrogens is 356 g/mol. The van der Waals surface area contributed by atoms with Gasteiger partial charge in [-0.1, -0.05) is 36.4 Å². The van der Waals surface area contributed by atoms with Crippen LogP contribution < -0.4 is 0 Å². The van der Waals surface area contributed by atoms with Crippen molar-refractivity contribution < 1.29 is 4.92 Å². The van der Waals surface area contributed by atoms with Crippen LogP contribution in [0.1, 0.15) is 41.5 Å². The molecule has 0 N–H and O–H groups in total. The van der Waals surface area contributed by atoms with Gasteiger partial charge < -0.3 is 0 Å². The first-order valence-electron chi connectivity index (χ1n) is 7.81. The van der Waals surface area contributed by atoms with Gasteiger partial charge in [0.05, 0.1) is 4.92 Å². The third-order valence-corrected chi connectivity index (χ3v) is 5.02. The van der Waals surface area contributed by atoms with Crippen LogP contribution in [0.4, 0.5) is 5.69 Å². The standard InChI is InChI=1S/C18H18N2O2.BrH/c21-20(22)14-9-7-13(8-10-14)17-12-19-11-3-6-18(19)16-5-2-1-4-15(16)17;/h1-2,4-5,7-10,17-18H,3,6,11-12H2;1H/t17?,18-;/m0./s1. The summed E-state index contributed by atoms with van der Waals surface area (Å²) in [6.45, 7) is 2.17. The van der Waals surface area contributed by atoms with E-state index in [1.54, 1.807) is 12.1 Å². The second-order valence-corrected chi connectivity index (χ2v) is 6.18. The van der Waals surface area contributed by atoms with Gasteiger partial charge in [0.15, 0.2) is 0 Å². The highest BCUT2D eigenvalue weighted by atomic mass is 79.9. The van der Waals surface area contributed by atoms with Crippen LogP contribution in [0.15, 0.2) is 48.5 Å². The van der Waals surface area contributed by atoms with E-state index < -0.39 is 0 Å². The molecule has 2 atom stereocenters. The van der Waals surface area contributed by atoms with Gasteiger partial charge in [-0.2, -0.15) is 0 Å². The Morgan fingerprint density at radius 2 is 1.74 bits per heavy atom. The molecule has 1 fully saturated rings. The largest absolute Gasteiger partial charge is 0.295 e. The zero-order chi connectivity index (χ0) is 15.1. The molecule has 2 aromatic rings. The number of hydrogen-bond donors (Lipinski definition) is 0. The van der Waals surface area contributed by atoms with Crippen LogP contribution in [0.25, 0.3) is 0 Å². The molecule has 0 radical (unpaired) electrons. The fourth-order valence-corrected chi connectivity index (χ4v) is 3.97. The lowest BCUT2D eigenvalue weighted by atomic mass is 9.81. The van der Waals surface area contributed by atoms with E-state index in [9.17, 15) is 10.1 Å². The lowest BCUT2D eigenvalue weighted by Gasteiger charge is -2.37. The first kappa shape index (κ1) is 16.1. The van der Waals surface area contributed by atoms with Crippen molar-refractivity contribution in [3.05, 3.63) is 75.3 Å². The highest BCUT2D eigenvalue weighted by Crippen LogP contribution is 2.44. The monoisotopic (exact) mass is 374 g/mol. The molecule has 2 aliphatic heterocycles. The Kier molecular flexibility index (Phi) is 4.50. The lowest BCUT2D eigenvalue weighted by molar-refractivity contribution is -0.384. The molecule has 0 aromatic heterocycles. The number of fused-ring (bicyclic) bond motifs is 3. The van der Waals surface area contributed by atoms with Gasteiger partial charge in [-0.05, 0) is 36.1 Å². The van der Waals surface area contributed by atoms with Crippen LogP contribution in [0.3, 0.4) is 0 Å². The zero-order valence-corrected chi connectivity index (χ0v) is 14.4. The maximum absolute atomic E-state index is 10.8. The summed E-state index contributed by atoms with van der Waals surface area (Å²) in [7, 11) is 0. The van der Waals surface area contributed by atoms with Crippen LogP contribution in [0.2, 0.25) is 0 Å². The number of benzene rings is 2. The summed E-state index contributed by atoms with van der Waals surface area (Å²) >= 11 is 0. The Bertz CT molecular complexity index is 717. The van der Waals surface area contributed by atoms with Crippen LogP contribution in [0.5, 0.6) is 0 Å². The molecule has 0 saturated carbocycles. The van der Waals surface area contributed by atoms with Gasteiger partial charge >= 0.3 is 0 Å². The Morgan fingerprint density at radius 1 is 1.04 bits per heavy atom. The van der Waals surface area contributed by atoms with E-state index in [4.69, 9.17) is 0 Å². The van der Waals surface area contributed by atoms with Crippen LogP contribution in [-0.4, -0.2) is 22.9 Å². The predicted molar refractivity (Wildman–Crippen MR) is 95.3 cm³/mol. The molecule has 0 amide bonds. The number of nitrogens with zero attached hydrogens (tertiary/aromatic N) is 2. The fourth-order valence-electron chi connectivity index (χ4n) is 3.97. The molecule has 4 rings (SSSR count). The molecule has 2 aliphatic rings. The van der Waals surface area contributed by atoms with Crippen molar-refractivity contribution in [2.24, 2.45) is 0 Å². The average molecular weight is 375 g/mol. The Balaban J connectivity index is 0.00000156.